The van der Waals surface area contributed by atoms with Gasteiger partial charge in [-0.2, -0.15) is 0 Å². The second-order valence-corrected chi connectivity index (χ2v) is 7.18. The van der Waals surface area contributed by atoms with E-state index >= 15 is 0 Å². The summed E-state index contributed by atoms with van der Waals surface area (Å²) in [5, 5.41) is 0.466. The van der Waals surface area contributed by atoms with Gasteiger partial charge < -0.3 is 9.30 Å². The lowest BCUT2D eigenvalue weighted by Crippen LogP contribution is -2.21. The van der Waals surface area contributed by atoms with Crippen molar-refractivity contribution < 1.29 is 18.3 Å². The fourth-order valence-electron chi connectivity index (χ4n) is 3.13. The third-order valence-corrected chi connectivity index (χ3v) is 4.93. The minimum Gasteiger partial charge on any atom is -0.465 e. The number of aryl methyl sites for hydroxylation is 2. The largest absolute Gasteiger partial charge is 0.465 e. The minimum atomic E-state index is -0.913. The van der Waals surface area contributed by atoms with Crippen LogP contribution in [0.25, 0.3) is 10.9 Å². The number of fused-ring (bicyclic) bond motifs is 1. The van der Waals surface area contributed by atoms with Crippen molar-refractivity contribution >= 4 is 32.8 Å². The van der Waals surface area contributed by atoms with Crippen LogP contribution in [0.3, 0.4) is 0 Å². The van der Waals surface area contributed by atoms with E-state index in [2.05, 4.69) is 15.9 Å². The van der Waals surface area contributed by atoms with Crippen molar-refractivity contribution in [1.82, 2.24) is 4.57 Å². The lowest BCUT2D eigenvalue weighted by molar-refractivity contribution is -0.143. The number of ether oxygens (including phenoxy) is 1. The topological polar surface area (TPSA) is 48.3 Å². The van der Waals surface area contributed by atoms with Gasteiger partial charge in [0.1, 0.15) is 6.54 Å². The molecule has 0 bridgehead atoms. The Kier molecular flexibility index (Phi) is 6.24. The van der Waals surface area contributed by atoms with Crippen molar-refractivity contribution in [3.05, 3.63) is 80.1 Å². The van der Waals surface area contributed by atoms with Gasteiger partial charge in [0.05, 0.1) is 12.1 Å². The molecule has 3 aromatic rings. The second kappa shape index (κ2) is 8.65. The summed E-state index contributed by atoms with van der Waals surface area (Å²) in [6, 6.07) is 10.6. The van der Waals surface area contributed by atoms with Crippen molar-refractivity contribution in [2.45, 2.75) is 26.3 Å². The SMILES string of the molecule is CCOC(=O)Cn1c(CCc2cccc(F)c2F)cc(=O)c2ccc(Br)cc21. The number of hydrogen-bond acceptors (Lipinski definition) is 3. The number of nitrogens with zero attached hydrogens (tertiary/aromatic N) is 1. The molecule has 4 nitrogen and oxygen atoms in total. The fourth-order valence-corrected chi connectivity index (χ4v) is 3.48. The molecule has 0 aliphatic carbocycles. The zero-order valence-electron chi connectivity index (χ0n) is 15.2. The van der Waals surface area contributed by atoms with Crippen LogP contribution in [0.5, 0.6) is 0 Å². The molecule has 146 valence electrons. The van der Waals surface area contributed by atoms with Gasteiger partial charge in [0, 0.05) is 21.6 Å². The standard InChI is InChI=1S/C21H18BrF2NO3/c1-2-28-20(27)12-25-15(8-6-13-4-3-5-17(23)21(13)24)11-19(26)16-9-7-14(22)10-18(16)25/h3-5,7,9-11H,2,6,8,12H2,1H3. The molecule has 0 radical (unpaired) electrons. The molecular weight excluding hydrogens is 432 g/mol. The van der Waals surface area contributed by atoms with Crippen molar-refractivity contribution in [2.75, 3.05) is 6.61 Å². The molecule has 0 saturated carbocycles. The number of aromatic nitrogens is 1. The smallest absolute Gasteiger partial charge is 0.325 e. The maximum atomic E-state index is 14.0. The Hall–Kier alpha value is -2.54. The van der Waals surface area contributed by atoms with E-state index in [0.717, 1.165) is 10.5 Å². The molecule has 0 saturated heterocycles. The van der Waals surface area contributed by atoms with Crippen molar-refractivity contribution in [3.8, 4) is 0 Å². The summed E-state index contributed by atoms with van der Waals surface area (Å²) in [7, 11) is 0. The van der Waals surface area contributed by atoms with E-state index in [1.165, 1.54) is 18.2 Å². The predicted molar refractivity (Wildman–Crippen MR) is 106 cm³/mol. The molecule has 0 amide bonds. The van der Waals surface area contributed by atoms with Gasteiger partial charge in [-0.1, -0.05) is 28.1 Å². The summed E-state index contributed by atoms with van der Waals surface area (Å²) in [6.45, 7) is 1.87. The second-order valence-electron chi connectivity index (χ2n) is 6.27. The number of esters is 1. The van der Waals surface area contributed by atoms with Crippen LogP contribution in [0.2, 0.25) is 0 Å². The number of pyridine rings is 1. The highest BCUT2D eigenvalue weighted by Gasteiger charge is 2.15. The summed E-state index contributed by atoms with van der Waals surface area (Å²) in [4.78, 5) is 24.6. The fraction of sp³-hybridized carbons (Fsp3) is 0.238. The van der Waals surface area contributed by atoms with Gasteiger partial charge in [-0.25, -0.2) is 8.78 Å². The Morgan fingerprint density at radius 3 is 2.68 bits per heavy atom. The van der Waals surface area contributed by atoms with Crippen LogP contribution in [0.15, 0.2) is 51.7 Å². The first-order valence-corrected chi connectivity index (χ1v) is 9.60. The van der Waals surface area contributed by atoms with Gasteiger partial charge in [0.25, 0.3) is 0 Å². The molecule has 0 aliphatic heterocycles. The molecule has 0 aliphatic rings. The molecule has 2 aromatic carbocycles. The summed E-state index contributed by atoms with van der Waals surface area (Å²) in [5.41, 5.74) is 1.14. The lowest BCUT2D eigenvalue weighted by Gasteiger charge is -2.17. The van der Waals surface area contributed by atoms with Crippen molar-refractivity contribution in [1.29, 1.82) is 0 Å². The van der Waals surface area contributed by atoms with Gasteiger partial charge in [-0.15, -0.1) is 0 Å². The highest BCUT2D eigenvalue weighted by molar-refractivity contribution is 9.10. The maximum absolute atomic E-state index is 14.0. The van der Waals surface area contributed by atoms with Crippen LogP contribution < -0.4 is 5.43 Å². The van der Waals surface area contributed by atoms with Gasteiger partial charge in [0.15, 0.2) is 17.1 Å². The van der Waals surface area contributed by atoms with E-state index in [1.54, 1.807) is 29.7 Å². The number of carbonyl (C=O) groups is 1. The van der Waals surface area contributed by atoms with Gasteiger partial charge >= 0.3 is 5.97 Å². The highest BCUT2D eigenvalue weighted by atomic mass is 79.9. The molecular formula is C21H18BrF2NO3. The van der Waals surface area contributed by atoms with E-state index < -0.39 is 17.6 Å². The molecule has 28 heavy (non-hydrogen) atoms. The average Bonchev–Trinajstić information content (AvgIpc) is 2.65. The van der Waals surface area contributed by atoms with E-state index in [9.17, 15) is 18.4 Å². The minimum absolute atomic E-state index is 0.0813. The first-order valence-electron chi connectivity index (χ1n) is 8.81. The Morgan fingerprint density at radius 2 is 1.93 bits per heavy atom. The number of benzene rings is 2. The number of halogens is 3. The molecule has 3 rings (SSSR count). The first-order chi connectivity index (χ1) is 13.4. The van der Waals surface area contributed by atoms with Gasteiger partial charge in [-0.05, 0) is 49.6 Å². The third kappa shape index (κ3) is 4.30. The molecule has 0 N–H and O–H groups in total. The normalized spacial score (nSPS) is 11.0. The van der Waals surface area contributed by atoms with Gasteiger partial charge in [-0.3, -0.25) is 9.59 Å². The number of carbonyl (C=O) groups excluding carboxylic acids is 1. The average molecular weight is 450 g/mol. The monoisotopic (exact) mass is 449 g/mol. The summed E-state index contributed by atoms with van der Waals surface area (Å²) in [5.74, 6) is -2.25. The molecule has 1 heterocycles. The van der Waals surface area contributed by atoms with Crippen LogP contribution in [-0.4, -0.2) is 17.1 Å². The van der Waals surface area contributed by atoms with Crippen LogP contribution in [-0.2, 0) is 28.9 Å². The van der Waals surface area contributed by atoms with Gasteiger partial charge in [0.2, 0.25) is 0 Å². The van der Waals surface area contributed by atoms with Crippen LogP contribution in [0, 0.1) is 11.6 Å². The third-order valence-electron chi connectivity index (χ3n) is 4.44. The molecule has 7 heteroatoms. The zero-order chi connectivity index (χ0) is 20.3. The van der Waals surface area contributed by atoms with E-state index in [-0.39, 0.29) is 37.0 Å². The first kappa shape index (κ1) is 20.2. The van der Waals surface area contributed by atoms with Crippen LogP contribution in [0.1, 0.15) is 18.2 Å². The Balaban J connectivity index is 2.05. The Labute approximate surface area is 168 Å². The quantitative estimate of drug-likeness (QED) is 0.524. The van der Waals surface area contributed by atoms with Crippen LogP contribution >= 0.6 is 15.9 Å². The van der Waals surface area contributed by atoms with Crippen molar-refractivity contribution in [2.24, 2.45) is 0 Å². The Bertz CT molecular complexity index is 1090. The van der Waals surface area contributed by atoms with E-state index in [4.69, 9.17) is 4.74 Å². The number of rotatable bonds is 6. The predicted octanol–water partition coefficient (Wildman–Crippen LogP) is 4.39. The Morgan fingerprint density at radius 1 is 1.14 bits per heavy atom. The molecule has 0 atom stereocenters. The summed E-state index contributed by atoms with van der Waals surface area (Å²) < 4.78 is 34.9. The van der Waals surface area contributed by atoms with Crippen molar-refractivity contribution in [3.63, 3.8) is 0 Å². The molecule has 0 unspecified atom stereocenters. The maximum Gasteiger partial charge on any atom is 0.325 e. The zero-order valence-corrected chi connectivity index (χ0v) is 16.8. The molecule has 0 spiro atoms. The summed E-state index contributed by atoms with van der Waals surface area (Å²) >= 11 is 3.38. The van der Waals surface area contributed by atoms with E-state index in [1.807, 2.05) is 0 Å². The molecule has 0 fully saturated rings. The van der Waals surface area contributed by atoms with E-state index in [0.29, 0.717) is 16.6 Å². The highest BCUT2D eigenvalue weighted by Crippen LogP contribution is 2.21. The molecule has 1 aromatic heterocycles. The van der Waals surface area contributed by atoms with Crippen LogP contribution in [0.4, 0.5) is 8.78 Å². The summed E-state index contributed by atoms with van der Waals surface area (Å²) in [6.07, 6.45) is 0.447. The lowest BCUT2D eigenvalue weighted by atomic mass is 10.1. The number of hydrogen-bond donors (Lipinski definition) is 0.